The summed E-state index contributed by atoms with van der Waals surface area (Å²) in [4.78, 5) is 12.7. The van der Waals surface area contributed by atoms with Crippen molar-refractivity contribution in [2.24, 2.45) is 0 Å². The van der Waals surface area contributed by atoms with E-state index >= 15 is 0 Å². The van der Waals surface area contributed by atoms with Gasteiger partial charge in [-0.1, -0.05) is 17.3 Å². The molecule has 6 nitrogen and oxygen atoms in total. The van der Waals surface area contributed by atoms with Gasteiger partial charge in [-0.25, -0.2) is 19.3 Å². The highest BCUT2D eigenvalue weighted by molar-refractivity contribution is 5.80. The summed E-state index contributed by atoms with van der Waals surface area (Å²) < 4.78 is 21.1. The third-order valence-corrected chi connectivity index (χ3v) is 3.61. The second-order valence-corrected chi connectivity index (χ2v) is 5.16. The molecule has 0 saturated heterocycles. The number of aromatic nitrogens is 5. The van der Waals surface area contributed by atoms with Gasteiger partial charge in [0.15, 0.2) is 0 Å². The highest BCUT2D eigenvalue weighted by Crippen LogP contribution is 2.34. The lowest BCUT2D eigenvalue weighted by molar-refractivity contribution is 0.400. The van der Waals surface area contributed by atoms with E-state index < -0.39 is 0 Å². The van der Waals surface area contributed by atoms with E-state index in [1.807, 2.05) is 0 Å². The van der Waals surface area contributed by atoms with Crippen molar-refractivity contribution >= 4 is 0 Å². The predicted molar refractivity (Wildman–Crippen MR) is 84.8 cm³/mol. The van der Waals surface area contributed by atoms with Crippen LogP contribution in [0.25, 0.3) is 28.5 Å². The van der Waals surface area contributed by atoms with Gasteiger partial charge in [0.25, 0.3) is 0 Å². The van der Waals surface area contributed by atoms with Gasteiger partial charge in [-0.15, -0.1) is 0 Å². The van der Waals surface area contributed by atoms with Crippen molar-refractivity contribution in [2.45, 2.75) is 6.92 Å². The molecule has 0 radical (unpaired) electrons. The summed E-state index contributed by atoms with van der Waals surface area (Å²) in [6, 6.07) is 8.17. The van der Waals surface area contributed by atoms with Gasteiger partial charge in [-0.2, -0.15) is 0 Å². The standard InChI is InChI=1S/C17H12FN5O/c1-11-15(16(22-24-11)12-5-2-3-6-13(12)18)14-9-23(10-21-14)17-19-7-4-8-20-17/h2-10H,1H3. The van der Waals surface area contributed by atoms with Gasteiger partial charge in [-0.3, -0.25) is 4.57 Å². The number of aryl methyl sites for hydroxylation is 1. The Morgan fingerprint density at radius 3 is 2.62 bits per heavy atom. The molecule has 0 unspecified atom stereocenters. The number of benzene rings is 1. The molecule has 3 aromatic heterocycles. The molecule has 0 atom stereocenters. The second kappa shape index (κ2) is 5.69. The Morgan fingerprint density at radius 1 is 1.04 bits per heavy atom. The summed E-state index contributed by atoms with van der Waals surface area (Å²) in [5.74, 6) is 0.697. The average Bonchev–Trinajstić information content (AvgIpc) is 3.23. The fourth-order valence-electron chi connectivity index (χ4n) is 2.50. The van der Waals surface area contributed by atoms with Crippen molar-refractivity contribution < 1.29 is 8.91 Å². The molecule has 0 fully saturated rings. The van der Waals surface area contributed by atoms with Crippen LogP contribution in [0.3, 0.4) is 0 Å². The Balaban J connectivity index is 1.83. The van der Waals surface area contributed by atoms with Crippen molar-refractivity contribution in [2.75, 3.05) is 0 Å². The van der Waals surface area contributed by atoms with Gasteiger partial charge in [0, 0.05) is 24.2 Å². The SMILES string of the molecule is Cc1onc(-c2ccccc2F)c1-c1cn(-c2ncccn2)cn1. The third kappa shape index (κ3) is 2.36. The van der Waals surface area contributed by atoms with Crippen LogP contribution >= 0.6 is 0 Å². The molecule has 0 saturated carbocycles. The first kappa shape index (κ1) is 14.3. The van der Waals surface area contributed by atoms with Crippen LogP contribution in [-0.2, 0) is 0 Å². The quantitative estimate of drug-likeness (QED) is 0.578. The smallest absolute Gasteiger partial charge is 0.234 e. The molecule has 0 amide bonds. The number of halogens is 1. The fraction of sp³-hybridized carbons (Fsp3) is 0.0588. The molecule has 0 bridgehead atoms. The van der Waals surface area contributed by atoms with E-state index in [9.17, 15) is 4.39 Å². The number of nitrogens with zero attached hydrogens (tertiary/aromatic N) is 5. The molecule has 0 aliphatic heterocycles. The summed E-state index contributed by atoms with van der Waals surface area (Å²) in [5.41, 5.74) is 2.05. The van der Waals surface area contributed by atoms with Crippen molar-refractivity contribution in [1.29, 1.82) is 0 Å². The minimum Gasteiger partial charge on any atom is -0.360 e. The first-order valence-corrected chi connectivity index (χ1v) is 7.27. The number of imidazole rings is 1. The average molecular weight is 321 g/mol. The molecule has 1 aromatic carbocycles. The molecule has 7 heteroatoms. The molecule has 0 N–H and O–H groups in total. The van der Waals surface area contributed by atoms with Crippen molar-refractivity contribution in [3.63, 3.8) is 0 Å². The lowest BCUT2D eigenvalue weighted by Crippen LogP contribution is -1.96. The highest BCUT2D eigenvalue weighted by Gasteiger charge is 2.21. The third-order valence-electron chi connectivity index (χ3n) is 3.61. The first-order valence-electron chi connectivity index (χ1n) is 7.27. The number of hydrogen-bond donors (Lipinski definition) is 0. The van der Waals surface area contributed by atoms with E-state index in [4.69, 9.17) is 4.52 Å². The van der Waals surface area contributed by atoms with E-state index in [1.54, 1.807) is 60.7 Å². The zero-order chi connectivity index (χ0) is 16.5. The molecule has 0 aliphatic rings. The van der Waals surface area contributed by atoms with Crippen LogP contribution in [0.1, 0.15) is 5.76 Å². The molecule has 3 heterocycles. The topological polar surface area (TPSA) is 69.6 Å². The van der Waals surface area contributed by atoms with Crippen molar-refractivity contribution in [1.82, 2.24) is 24.7 Å². The predicted octanol–water partition coefficient (Wildman–Crippen LogP) is 3.43. The lowest BCUT2D eigenvalue weighted by atomic mass is 10.0. The van der Waals surface area contributed by atoms with Crippen LogP contribution in [0.4, 0.5) is 4.39 Å². The minimum absolute atomic E-state index is 0.363. The summed E-state index contributed by atoms with van der Waals surface area (Å²) in [5, 5.41) is 4.01. The molecular formula is C17H12FN5O. The van der Waals surface area contributed by atoms with Crippen LogP contribution in [0.2, 0.25) is 0 Å². The zero-order valence-corrected chi connectivity index (χ0v) is 12.7. The van der Waals surface area contributed by atoms with Gasteiger partial charge in [-0.05, 0) is 25.1 Å². The molecule has 0 aliphatic carbocycles. The highest BCUT2D eigenvalue weighted by atomic mass is 19.1. The molecular weight excluding hydrogens is 309 g/mol. The van der Waals surface area contributed by atoms with Gasteiger partial charge >= 0.3 is 0 Å². The maximum Gasteiger partial charge on any atom is 0.234 e. The zero-order valence-electron chi connectivity index (χ0n) is 12.7. The van der Waals surface area contributed by atoms with E-state index in [0.717, 1.165) is 0 Å². The largest absolute Gasteiger partial charge is 0.360 e. The Bertz CT molecular complexity index is 993. The van der Waals surface area contributed by atoms with Crippen LogP contribution in [0.5, 0.6) is 0 Å². The fourth-order valence-corrected chi connectivity index (χ4v) is 2.50. The summed E-state index contributed by atoms with van der Waals surface area (Å²) in [7, 11) is 0. The molecule has 4 aromatic rings. The normalized spacial score (nSPS) is 10.9. The molecule has 0 spiro atoms. The van der Waals surface area contributed by atoms with Gasteiger partial charge in [0.2, 0.25) is 5.95 Å². The Morgan fingerprint density at radius 2 is 1.83 bits per heavy atom. The Hall–Kier alpha value is -3.35. The maximum atomic E-state index is 14.1. The lowest BCUT2D eigenvalue weighted by Gasteiger charge is -2.01. The van der Waals surface area contributed by atoms with Gasteiger partial charge < -0.3 is 4.52 Å². The summed E-state index contributed by atoms with van der Waals surface area (Å²) >= 11 is 0. The van der Waals surface area contributed by atoms with Crippen LogP contribution in [-0.4, -0.2) is 24.7 Å². The van der Waals surface area contributed by atoms with E-state index in [-0.39, 0.29) is 5.82 Å². The number of rotatable bonds is 3. The maximum absolute atomic E-state index is 14.1. The first-order chi connectivity index (χ1) is 11.7. The monoisotopic (exact) mass is 321 g/mol. The Labute approximate surface area is 136 Å². The van der Waals surface area contributed by atoms with Crippen LogP contribution in [0, 0.1) is 12.7 Å². The number of hydrogen-bond acceptors (Lipinski definition) is 5. The van der Waals surface area contributed by atoms with Crippen LogP contribution in [0.15, 0.2) is 59.8 Å². The summed E-state index contributed by atoms with van der Waals surface area (Å²) in [6.45, 7) is 1.77. The van der Waals surface area contributed by atoms with E-state index in [2.05, 4.69) is 20.1 Å². The van der Waals surface area contributed by atoms with Crippen molar-refractivity contribution in [3.8, 4) is 28.5 Å². The Kier molecular flexibility index (Phi) is 3.38. The second-order valence-electron chi connectivity index (χ2n) is 5.16. The minimum atomic E-state index is -0.363. The van der Waals surface area contributed by atoms with E-state index in [1.165, 1.54) is 6.07 Å². The van der Waals surface area contributed by atoms with Gasteiger partial charge in [0.05, 0.1) is 11.3 Å². The van der Waals surface area contributed by atoms with Crippen LogP contribution < -0.4 is 0 Å². The molecule has 118 valence electrons. The molecule has 4 rings (SSSR count). The van der Waals surface area contributed by atoms with Crippen molar-refractivity contribution in [3.05, 3.63) is 66.8 Å². The molecule has 24 heavy (non-hydrogen) atoms. The van der Waals surface area contributed by atoms with E-state index in [0.29, 0.717) is 34.2 Å². The van der Waals surface area contributed by atoms with Gasteiger partial charge in [0.1, 0.15) is 23.6 Å². The summed E-state index contributed by atoms with van der Waals surface area (Å²) in [6.07, 6.45) is 6.66.